The molecule has 1 amide bonds. The second kappa shape index (κ2) is 17.0. The maximum atomic E-state index is 13.4. The van der Waals surface area contributed by atoms with Crippen molar-refractivity contribution in [2.24, 2.45) is 10.8 Å². The molecule has 0 aromatic heterocycles. The normalized spacial score (nSPS) is 30.9. The first-order valence-electron chi connectivity index (χ1n) is 19.0. The summed E-state index contributed by atoms with van der Waals surface area (Å²) in [5.74, 6) is -1.15. The summed E-state index contributed by atoms with van der Waals surface area (Å²) < 4.78 is 23.4. The second-order valence-electron chi connectivity index (χ2n) is 17.0. The van der Waals surface area contributed by atoms with Crippen molar-refractivity contribution in [2.45, 2.75) is 108 Å². The van der Waals surface area contributed by atoms with E-state index in [4.69, 9.17) is 28.8 Å². The maximum absolute atomic E-state index is 13.4. The van der Waals surface area contributed by atoms with Crippen LogP contribution < -0.4 is 5.32 Å². The number of halogens is 1. The maximum Gasteiger partial charge on any atom is 0.457 e. The van der Waals surface area contributed by atoms with Gasteiger partial charge in [0.1, 0.15) is 12.1 Å². The van der Waals surface area contributed by atoms with Crippen molar-refractivity contribution in [1.82, 2.24) is 20.0 Å². The molecule has 302 valence electrons. The van der Waals surface area contributed by atoms with E-state index in [0.29, 0.717) is 45.3 Å². The van der Waals surface area contributed by atoms with Gasteiger partial charge in [-0.15, -0.1) is 12.4 Å². The zero-order chi connectivity index (χ0) is 38.9. The Morgan fingerprint density at radius 1 is 0.907 bits per heavy atom. The number of ether oxygens (including phenoxy) is 2. The number of hydrogen-bond acceptors (Lipinski definition) is 12. The molecule has 5 saturated heterocycles. The highest BCUT2D eigenvalue weighted by molar-refractivity contribution is 6.45. The number of carbonyl (C=O) groups is 3. The molecule has 5 aliphatic heterocycles. The topological polar surface area (TPSA) is 171 Å². The highest BCUT2D eigenvalue weighted by Gasteiger charge is 2.70. The summed E-state index contributed by atoms with van der Waals surface area (Å²) in [4.78, 5) is 44.2. The summed E-state index contributed by atoms with van der Waals surface area (Å²) in [6.45, 7) is 12.0. The third-order valence-electron chi connectivity index (χ3n) is 13.1. The average molecular weight is 779 g/mol. The van der Waals surface area contributed by atoms with Crippen LogP contribution in [0, 0.1) is 10.8 Å². The molecule has 5 heterocycles. The fourth-order valence-electron chi connectivity index (χ4n) is 9.88. The Bertz CT molecular complexity index is 1460. The minimum absolute atomic E-state index is 0. The number of methoxy groups -OCH3 is 1. The molecule has 0 bridgehead atoms. The van der Waals surface area contributed by atoms with E-state index in [1.807, 2.05) is 44.4 Å². The van der Waals surface area contributed by atoms with Gasteiger partial charge in [-0.05, 0) is 92.2 Å². The Labute approximate surface area is 327 Å². The van der Waals surface area contributed by atoms with E-state index in [1.54, 1.807) is 4.90 Å². The number of rotatable bonds is 12. The Morgan fingerprint density at radius 3 is 2.13 bits per heavy atom. The number of likely N-dealkylation sites (N-methyl/N-ethyl adjacent to an activating group) is 2. The van der Waals surface area contributed by atoms with Crippen LogP contribution >= 0.6 is 12.4 Å². The molecule has 6 rings (SSSR count). The van der Waals surface area contributed by atoms with Crippen LogP contribution in [0.1, 0.15) is 71.8 Å². The zero-order valence-electron chi connectivity index (χ0n) is 33.1. The van der Waals surface area contributed by atoms with Gasteiger partial charge >= 0.3 is 32.3 Å². The molecule has 5 fully saturated rings. The number of likely N-dealkylation sites (tertiary alicyclic amines) is 3. The number of benzene rings is 1. The SMILES string of the molecule is CN1CC2(CCCB(O)O)CCNC2(C(=O)O)C1.COC(=O)C12CN(C)CC1(CCCB1OC(C)(C)C(C)(C)O1)CCN2C(=O)OCc1ccccc1.Cl. The number of carbonyl (C=O) groups excluding carboxylic acids is 2. The molecule has 1 aromatic rings. The Kier molecular flexibility index (Phi) is 13.9. The molecular formula is C37H61B2ClN4O10. The number of nitrogens with zero attached hydrogens (tertiary/aromatic N) is 3. The van der Waals surface area contributed by atoms with Crippen LogP contribution in [0.15, 0.2) is 30.3 Å². The third kappa shape index (κ3) is 8.18. The molecule has 4 N–H and O–H groups in total. The first-order chi connectivity index (χ1) is 24.9. The van der Waals surface area contributed by atoms with Crippen LogP contribution in [0.3, 0.4) is 0 Å². The molecule has 17 heteroatoms. The summed E-state index contributed by atoms with van der Waals surface area (Å²) >= 11 is 0. The minimum atomic E-state index is -1.30. The van der Waals surface area contributed by atoms with Gasteiger partial charge in [0.2, 0.25) is 0 Å². The van der Waals surface area contributed by atoms with Crippen molar-refractivity contribution in [3.8, 4) is 0 Å². The van der Waals surface area contributed by atoms with E-state index in [1.165, 1.54) is 7.11 Å². The van der Waals surface area contributed by atoms with Crippen LogP contribution in [-0.4, -0.2) is 145 Å². The van der Waals surface area contributed by atoms with Crippen molar-refractivity contribution in [1.29, 1.82) is 0 Å². The molecule has 0 radical (unpaired) electrons. The van der Waals surface area contributed by atoms with Crippen molar-refractivity contribution in [2.75, 3.05) is 60.5 Å². The van der Waals surface area contributed by atoms with Gasteiger partial charge in [-0.3, -0.25) is 9.69 Å². The summed E-state index contributed by atoms with van der Waals surface area (Å²) in [6, 6.07) is 9.57. The lowest BCUT2D eigenvalue weighted by molar-refractivity contribution is -0.156. The van der Waals surface area contributed by atoms with E-state index in [9.17, 15) is 19.5 Å². The van der Waals surface area contributed by atoms with E-state index in [-0.39, 0.29) is 48.7 Å². The van der Waals surface area contributed by atoms with E-state index < -0.39 is 35.7 Å². The van der Waals surface area contributed by atoms with Crippen molar-refractivity contribution < 1.29 is 48.3 Å². The highest BCUT2D eigenvalue weighted by Crippen LogP contribution is 2.55. The van der Waals surface area contributed by atoms with Gasteiger partial charge in [0.05, 0.1) is 18.3 Å². The average Bonchev–Trinajstić information content (AvgIpc) is 3.80. The minimum Gasteiger partial charge on any atom is -0.480 e. The number of hydrogen-bond donors (Lipinski definition) is 4. The third-order valence-corrected chi connectivity index (χ3v) is 13.1. The van der Waals surface area contributed by atoms with E-state index in [0.717, 1.165) is 50.7 Å². The van der Waals surface area contributed by atoms with Gasteiger partial charge in [-0.2, -0.15) is 0 Å². The van der Waals surface area contributed by atoms with Gasteiger partial charge in [0.25, 0.3) is 0 Å². The molecule has 54 heavy (non-hydrogen) atoms. The van der Waals surface area contributed by atoms with Gasteiger partial charge in [0, 0.05) is 43.6 Å². The molecule has 4 atom stereocenters. The summed E-state index contributed by atoms with van der Waals surface area (Å²) in [6.07, 6.45) is 5.06. The van der Waals surface area contributed by atoms with Crippen LogP contribution in [0.4, 0.5) is 4.79 Å². The van der Waals surface area contributed by atoms with Gasteiger partial charge in [-0.1, -0.05) is 43.2 Å². The predicted molar refractivity (Wildman–Crippen MR) is 207 cm³/mol. The van der Waals surface area contributed by atoms with Crippen LogP contribution in [0.25, 0.3) is 0 Å². The standard InChI is InChI=1S/C26H39BN2O6.C11H21BN2O4.ClH/c1-23(2)24(3,4)35-27(34-23)15-10-13-25-14-16-29(22(31)33-17-20-11-8-7-9-12-20)26(25,21(30)32-6)19-28(5)18-25;1-14-7-10(3-2-5-12(17)18)4-6-13-11(10,8-14)9(15)16;/h7-9,11-12H,10,13-19H2,1-6H3;13,17-18H,2-8H2,1H3,(H,15,16);1H. The molecule has 1 aromatic carbocycles. The number of amides is 1. The summed E-state index contributed by atoms with van der Waals surface area (Å²) in [5, 5.41) is 30.6. The Hall–Kier alpha value is -2.43. The fraction of sp³-hybridized carbons (Fsp3) is 0.757. The molecule has 0 saturated carbocycles. The van der Waals surface area contributed by atoms with Gasteiger partial charge < -0.3 is 49.1 Å². The first kappa shape index (κ1) is 44.3. The first-order valence-corrected chi connectivity index (χ1v) is 19.0. The summed E-state index contributed by atoms with van der Waals surface area (Å²) in [7, 11) is 3.75. The molecule has 0 aliphatic carbocycles. The van der Waals surface area contributed by atoms with Crippen LogP contribution in [-0.2, 0) is 35.0 Å². The lowest BCUT2D eigenvalue weighted by atomic mass is 9.67. The molecule has 14 nitrogen and oxygen atoms in total. The summed E-state index contributed by atoms with van der Waals surface area (Å²) in [5.41, 5.74) is -2.45. The predicted octanol–water partition coefficient (Wildman–Crippen LogP) is 3.15. The second-order valence-corrected chi connectivity index (χ2v) is 17.0. The Balaban J connectivity index is 0.000000288. The molecular weight excluding hydrogens is 718 g/mol. The lowest BCUT2D eigenvalue weighted by Gasteiger charge is -2.41. The number of aliphatic carboxylic acids is 1. The van der Waals surface area contributed by atoms with Crippen molar-refractivity contribution in [3.63, 3.8) is 0 Å². The molecule has 0 spiro atoms. The van der Waals surface area contributed by atoms with Gasteiger partial charge in [-0.25, -0.2) is 9.59 Å². The highest BCUT2D eigenvalue weighted by atomic mass is 35.5. The van der Waals surface area contributed by atoms with E-state index >= 15 is 0 Å². The van der Waals surface area contributed by atoms with Crippen molar-refractivity contribution in [3.05, 3.63) is 35.9 Å². The van der Waals surface area contributed by atoms with Crippen LogP contribution in [0.2, 0.25) is 12.6 Å². The van der Waals surface area contributed by atoms with Gasteiger partial charge in [0.15, 0.2) is 5.54 Å². The van der Waals surface area contributed by atoms with E-state index in [2.05, 4.69) is 42.8 Å². The zero-order valence-corrected chi connectivity index (χ0v) is 33.9. The quantitative estimate of drug-likeness (QED) is 0.181. The number of carboxylic acid groups (broad SMARTS) is 1. The largest absolute Gasteiger partial charge is 0.480 e. The number of fused-ring (bicyclic) bond motifs is 2. The molecule has 4 unspecified atom stereocenters. The molecule has 5 aliphatic rings. The fourth-order valence-corrected chi connectivity index (χ4v) is 9.88. The monoisotopic (exact) mass is 778 g/mol. The van der Waals surface area contributed by atoms with Crippen LogP contribution in [0.5, 0.6) is 0 Å². The number of nitrogens with one attached hydrogen (secondary N) is 1. The Morgan fingerprint density at radius 2 is 1.52 bits per heavy atom. The number of esters is 1. The van der Waals surface area contributed by atoms with Crippen molar-refractivity contribution >= 4 is 44.7 Å². The lowest BCUT2D eigenvalue weighted by Crippen LogP contribution is -2.62. The number of carboxylic acids is 1. The smallest absolute Gasteiger partial charge is 0.457 e.